The maximum Gasteiger partial charge on any atom is 0.254 e. The quantitative estimate of drug-likeness (QED) is 0.385. The first-order valence-electron chi connectivity index (χ1n) is 11.3. The van der Waals surface area contributed by atoms with Gasteiger partial charge >= 0.3 is 0 Å². The summed E-state index contributed by atoms with van der Waals surface area (Å²) in [5.74, 6) is 1.16. The van der Waals surface area contributed by atoms with Crippen molar-refractivity contribution in [1.82, 2.24) is 19.9 Å². The first kappa shape index (κ1) is 22.1. The number of hydrogen-bond acceptors (Lipinski definition) is 4. The smallest absolute Gasteiger partial charge is 0.254 e. The fraction of sp³-hybridized carbons (Fsp3) is 0.259. The van der Waals surface area contributed by atoms with E-state index >= 15 is 0 Å². The molecule has 0 atom stereocenters. The van der Waals surface area contributed by atoms with Crippen LogP contribution in [0, 0.1) is 25.2 Å². The normalized spacial score (nSPS) is 14.4. The van der Waals surface area contributed by atoms with Crippen LogP contribution in [0.2, 0.25) is 5.15 Å². The molecule has 2 aromatic heterocycles. The number of likely N-dealkylation sites (tertiary alicyclic amines) is 1. The van der Waals surface area contributed by atoms with Gasteiger partial charge in [-0.3, -0.25) is 4.79 Å². The molecule has 1 amide bonds. The van der Waals surface area contributed by atoms with Gasteiger partial charge in [0.25, 0.3) is 5.91 Å². The summed E-state index contributed by atoms with van der Waals surface area (Å²) in [6.45, 7) is 5.43. The molecule has 3 heterocycles. The van der Waals surface area contributed by atoms with E-state index in [9.17, 15) is 4.79 Å². The Morgan fingerprint density at radius 1 is 1.12 bits per heavy atom. The zero-order valence-corrected chi connectivity index (χ0v) is 19.9. The van der Waals surface area contributed by atoms with Crippen LogP contribution in [-0.2, 0) is 0 Å². The van der Waals surface area contributed by atoms with Crippen LogP contribution in [0.5, 0.6) is 0 Å². The van der Waals surface area contributed by atoms with E-state index in [2.05, 4.69) is 21.0 Å². The molecular formula is C27H24ClN5O. The van der Waals surface area contributed by atoms with Crippen molar-refractivity contribution in [2.24, 2.45) is 0 Å². The zero-order valence-electron chi connectivity index (χ0n) is 19.1. The van der Waals surface area contributed by atoms with Gasteiger partial charge in [0.2, 0.25) is 0 Å². The number of benzene rings is 2. The van der Waals surface area contributed by atoms with Crippen molar-refractivity contribution in [2.75, 3.05) is 13.1 Å². The number of amides is 1. The van der Waals surface area contributed by atoms with Crippen molar-refractivity contribution >= 4 is 28.5 Å². The topological polar surface area (TPSA) is 85.7 Å². The molecule has 34 heavy (non-hydrogen) atoms. The number of fused-ring (bicyclic) bond motifs is 1. The molecule has 0 bridgehead atoms. The molecule has 1 fully saturated rings. The fourth-order valence-corrected chi connectivity index (χ4v) is 4.92. The van der Waals surface area contributed by atoms with Gasteiger partial charge in [-0.1, -0.05) is 29.8 Å². The van der Waals surface area contributed by atoms with Gasteiger partial charge in [0.1, 0.15) is 11.0 Å². The molecule has 1 saturated heterocycles. The largest absolute Gasteiger partial charge is 0.339 e. The number of aromatic amines is 1. The van der Waals surface area contributed by atoms with Crippen LogP contribution in [0.1, 0.15) is 51.4 Å². The SMILES string of the molecule is Cc1cc(C)c(-c2nc3cc(Cl)ncc3[nH]2)cc1C(=O)N1CCC(c2ccc(C#N)cc2)CC1. The number of H-pyrrole nitrogens is 1. The van der Waals surface area contributed by atoms with Crippen molar-refractivity contribution in [1.29, 1.82) is 5.26 Å². The van der Waals surface area contributed by atoms with Crippen molar-refractivity contribution in [3.8, 4) is 17.5 Å². The number of carbonyl (C=O) groups is 1. The summed E-state index contributed by atoms with van der Waals surface area (Å²) in [4.78, 5) is 27.5. The highest BCUT2D eigenvalue weighted by Crippen LogP contribution is 2.31. The highest BCUT2D eigenvalue weighted by Gasteiger charge is 2.26. The maximum atomic E-state index is 13.5. The number of imidazole rings is 1. The molecule has 4 aromatic rings. The summed E-state index contributed by atoms with van der Waals surface area (Å²) in [6, 6.07) is 15.7. The second-order valence-corrected chi connectivity index (χ2v) is 9.28. The van der Waals surface area contributed by atoms with Crippen molar-refractivity contribution < 1.29 is 4.79 Å². The van der Waals surface area contributed by atoms with Crippen LogP contribution < -0.4 is 0 Å². The van der Waals surface area contributed by atoms with Gasteiger partial charge in [-0.15, -0.1) is 0 Å². The Morgan fingerprint density at radius 2 is 1.85 bits per heavy atom. The molecule has 1 aliphatic rings. The van der Waals surface area contributed by atoms with Crippen LogP contribution in [0.15, 0.2) is 48.7 Å². The summed E-state index contributed by atoms with van der Waals surface area (Å²) in [7, 11) is 0. The average Bonchev–Trinajstić information content (AvgIpc) is 3.27. The van der Waals surface area contributed by atoms with E-state index in [1.165, 1.54) is 5.56 Å². The number of halogens is 1. The Hall–Kier alpha value is -3.69. The Balaban J connectivity index is 1.37. The number of nitriles is 1. The number of aryl methyl sites for hydroxylation is 2. The number of piperidine rings is 1. The van der Waals surface area contributed by atoms with Crippen LogP contribution >= 0.6 is 11.6 Å². The third kappa shape index (κ3) is 4.15. The lowest BCUT2D eigenvalue weighted by atomic mass is 9.88. The van der Waals surface area contributed by atoms with E-state index in [1.54, 1.807) is 12.3 Å². The Morgan fingerprint density at radius 3 is 2.56 bits per heavy atom. The van der Waals surface area contributed by atoms with E-state index in [1.807, 2.05) is 55.1 Å². The molecule has 7 heteroatoms. The number of nitrogens with zero attached hydrogens (tertiary/aromatic N) is 4. The standard InChI is InChI=1S/C27H24ClN5O/c1-16-11-17(2)22(12-21(16)26-31-23-13-25(28)30-15-24(23)32-26)27(34)33-9-7-20(8-10-33)19-5-3-18(14-29)4-6-19/h3-6,11-13,15,20H,7-10H2,1-2H3,(H,31,32). The van der Waals surface area contributed by atoms with E-state index < -0.39 is 0 Å². The van der Waals surface area contributed by atoms with Crippen molar-refractivity contribution in [3.05, 3.63) is 81.6 Å². The molecule has 0 unspecified atom stereocenters. The molecule has 2 aromatic carbocycles. The molecule has 0 saturated carbocycles. The molecule has 5 rings (SSSR count). The number of aromatic nitrogens is 3. The predicted molar refractivity (Wildman–Crippen MR) is 133 cm³/mol. The van der Waals surface area contributed by atoms with Gasteiger partial charge in [0.15, 0.2) is 0 Å². The summed E-state index contributed by atoms with van der Waals surface area (Å²) >= 11 is 6.01. The minimum atomic E-state index is 0.0536. The van der Waals surface area contributed by atoms with Crippen LogP contribution in [0.25, 0.3) is 22.4 Å². The van der Waals surface area contributed by atoms with Gasteiger partial charge in [-0.05, 0) is 67.5 Å². The molecule has 0 spiro atoms. The fourth-order valence-electron chi connectivity index (χ4n) is 4.77. The molecule has 1 aliphatic heterocycles. The molecular weight excluding hydrogens is 446 g/mol. The highest BCUT2D eigenvalue weighted by atomic mass is 35.5. The number of rotatable bonds is 3. The van der Waals surface area contributed by atoms with E-state index in [0.717, 1.165) is 40.6 Å². The minimum Gasteiger partial charge on any atom is -0.339 e. The summed E-state index contributed by atoms with van der Waals surface area (Å²) in [5.41, 5.74) is 7.06. The first-order valence-corrected chi connectivity index (χ1v) is 11.7. The molecule has 1 N–H and O–H groups in total. The number of pyridine rings is 1. The second-order valence-electron chi connectivity index (χ2n) is 8.89. The lowest BCUT2D eigenvalue weighted by molar-refractivity contribution is 0.0712. The van der Waals surface area contributed by atoms with Crippen LogP contribution in [-0.4, -0.2) is 38.8 Å². The molecule has 0 radical (unpaired) electrons. The lowest BCUT2D eigenvalue weighted by Gasteiger charge is -2.32. The molecule has 0 aliphatic carbocycles. The molecule has 170 valence electrons. The zero-order chi connectivity index (χ0) is 23.8. The number of carbonyl (C=O) groups excluding carboxylic acids is 1. The van der Waals surface area contributed by atoms with Gasteiger partial charge in [0, 0.05) is 30.3 Å². The lowest BCUT2D eigenvalue weighted by Crippen LogP contribution is -2.38. The maximum absolute atomic E-state index is 13.5. The van der Waals surface area contributed by atoms with Crippen LogP contribution in [0.3, 0.4) is 0 Å². The third-order valence-electron chi connectivity index (χ3n) is 6.68. The predicted octanol–water partition coefficient (Wildman–Crippen LogP) is 5.79. The van der Waals surface area contributed by atoms with E-state index in [0.29, 0.717) is 41.1 Å². The number of hydrogen-bond donors (Lipinski definition) is 1. The molecule has 6 nitrogen and oxygen atoms in total. The van der Waals surface area contributed by atoms with Gasteiger partial charge < -0.3 is 9.88 Å². The monoisotopic (exact) mass is 469 g/mol. The highest BCUT2D eigenvalue weighted by molar-refractivity contribution is 6.29. The van der Waals surface area contributed by atoms with Crippen LogP contribution in [0.4, 0.5) is 0 Å². The number of nitrogens with one attached hydrogen (secondary N) is 1. The van der Waals surface area contributed by atoms with E-state index in [-0.39, 0.29) is 5.91 Å². The van der Waals surface area contributed by atoms with Gasteiger partial charge in [0.05, 0.1) is 28.9 Å². The van der Waals surface area contributed by atoms with Gasteiger partial charge in [-0.25, -0.2) is 9.97 Å². The second kappa shape index (κ2) is 8.92. The minimum absolute atomic E-state index is 0.0536. The van der Waals surface area contributed by atoms with Crippen molar-refractivity contribution in [3.63, 3.8) is 0 Å². The summed E-state index contributed by atoms with van der Waals surface area (Å²) < 4.78 is 0. The van der Waals surface area contributed by atoms with Gasteiger partial charge in [-0.2, -0.15) is 5.26 Å². The Labute approximate surface area is 203 Å². The first-order chi connectivity index (χ1) is 16.4. The summed E-state index contributed by atoms with van der Waals surface area (Å²) in [5, 5.41) is 9.41. The van der Waals surface area contributed by atoms with Crippen molar-refractivity contribution in [2.45, 2.75) is 32.6 Å². The Bertz CT molecular complexity index is 1430. The van der Waals surface area contributed by atoms with E-state index in [4.69, 9.17) is 16.9 Å². The average molecular weight is 470 g/mol. The third-order valence-corrected chi connectivity index (χ3v) is 6.89. The Kier molecular flexibility index (Phi) is 5.80. The summed E-state index contributed by atoms with van der Waals surface area (Å²) in [6.07, 6.45) is 3.49.